The first-order chi connectivity index (χ1) is 12.3. The number of sulfone groups is 1. The summed E-state index contributed by atoms with van der Waals surface area (Å²) in [5.74, 6) is -0.272. The average Bonchev–Trinajstić information content (AvgIpc) is 2.95. The van der Waals surface area contributed by atoms with Gasteiger partial charge in [-0.1, -0.05) is 6.07 Å². The standard InChI is InChI=1S/C18H23N3O4S/c1-3-20(17-8-10-26(24,25)13-17)18(23)7-9-21(14(2)22)16-6-4-5-15(11-16)12-19/h4-6,11,17H,3,7-10,13H2,1-2H3. The molecule has 1 atom stereocenters. The zero-order chi connectivity index (χ0) is 19.3. The molecule has 26 heavy (non-hydrogen) atoms. The smallest absolute Gasteiger partial charge is 0.224 e. The molecule has 8 heteroatoms. The largest absolute Gasteiger partial charge is 0.339 e. The average molecular weight is 377 g/mol. The summed E-state index contributed by atoms with van der Waals surface area (Å²) in [5.41, 5.74) is 1.00. The fourth-order valence-electron chi connectivity index (χ4n) is 3.22. The molecule has 0 radical (unpaired) electrons. The van der Waals surface area contributed by atoms with E-state index in [1.165, 1.54) is 11.8 Å². The van der Waals surface area contributed by atoms with Gasteiger partial charge in [-0.2, -0.15) is 5.26 Å². The van der Waals surface area contributed by atoms with Gasteiger partial charge >= 0.3 is 0 Å². The van der Waals surface area contributed by atoms with E-state index in [4.69, 9.17) is 5.26 Å². The third-order valence-electron chi connectivity index (χ3n) is 4.53. The summed E-state index contributed by atoms with van der Waals surface area (Å²) in [6.45, 7) is 3.84. The van der Waals surface area contributed by atoms with E-state index >= 15 is 0 Å². The van der Waals surface area contributed by atoms with Crippen molar-refractivity contribution < 1.29 is 18.0 Å². The number of hydrogen-bond donors (Lipinski definition) is 0. The molecule has 0 N–H and O–H groups in total. The van der Waals surface area contributed by atoms with Gasteiger partial charge in [0.1, 0.15) is 0 Å². The fraction of sp³-hybridized carbons (Fsp3) is 0.500. The Morgan fingerprint density at radius 3 is 2.62 bits per heavy atom. The van der Waals surface area contributed by atoms with E-state index in [1.54, 1.807) is 29.2 Å². The number of rotatable bonds is 6. The minimum absolute atomic E-state index is 0.00716. The molecule has 0 spiro atoms. The van der Waals surface area contributed by atoms with Gasteiger partial charge in [-0.15, -0.1) is 0 Å². The molecule has 1 aromatic rings. The first-order valence-corrected chi connectivity index (χ1v) is 10.4. The van der Waals surface area contributed by atoms with Gasteiger partial charge in [0.15, 0.2) is 9.84 Å². The van der Waals surface area contributed by atoms with E-state index in [0.29, 0.717) is 24.2 Å². The summed E-state index contributed by atoms with van der Waals surface area (Å²) < 4.78 is 23.3. The summed E-state index contributed by atoms with van der Waals surface area (Å²) in [6.07, 6.45) is 0.559. The summed E-state index contributed by atoms with van der Waals surface area (Å²) in [4.78, 5) is 27.6. The number of nitriles is 1. The Morgan fingerprint density at radius 1 is 1.35 bits per heavy atom. The summed E-state index contributed by atoms with van der Waals surface area (Å²) >= 11 is 0. The maximum absolute atomic E-state index is 12.6. The van der Waals surface area contributed by atoms with Crippen LogP contribution in [0.2, 0.25) is 0 Å². The molecule has 1 saturated heterocycles. The number of carbonyl (C=O) groups excluding carboxylic acids is 2. The van der Waals surface area contributed by atoms with E-state index in [2.05, 4.69) is 0 Å². The van der Waals surface area contributed by atoms with E-state index < -0.39 is 9.84 Å². The molecule has 140 valence electrons. The number of amides is 2. The van der Waals surface area contributed by atoms with Crippen molar-refractivity contribution >= 4 is 27.3 Å². The van der Waals surface area contributed by atoms with Crippen LogP contribution in [-0.2, 0) is 19.4 Å². The van der Waals surface area contributed by atoms with E-state index in [-0.39, 0.29) is 42.3 Å². The molecular formula is C18H23N3O4S. The summed E-state index contributed by atoms with van der Waals surface area (Å²) in [5, 5.41) is 9.01. The molecule has 0 bridgehead atoms. The Kier molecular flexibility index (Phi) is 6.37. The predicted octanol–water partition coefficient (Wildman–Crippen LogP) is 1.34. The Labute approximate surface area is 154 Å². The fourth-order valence-corrected chi connectivity index (χ4v) is 4.95. The van der Waals surface area contributed by atoms with Gasteiger partial charge in [0.2, 0.25) is 11.8 Å². The van der Waals surface area contributed by atoms with Gasteiger partial charge in [0.25, 0.3) is 0 Å². The number of carbonyl (C=O) groups is 2. The van der Waals surface area contributed by atoms with Crippen molar-refractivity contribution in [1.82, 2.24) is 4.90 Å². The molecular weight excluding hydrogens is 354 g/mol. The summed E-state index contributed by atoms with van der Waals surface area (Å²) in [7, 11) is -3.07. The SMILES string of the molecule is CCN(C(=O)CCN(C(C)=O)c1cccc(C#N)c1)C1CCS(=O)(=O)C1. The van der Waals surface area contributed by atoms with Crippen molar-refractivity contribution in [2.75, 3.05) is 29.5 Å². The highest BCUT2D eigenvalue weighted by Crippen LogP contribution is 2.20. The Hall–Kier alpha value is -2.40. The minimum Gasteiger partial charge on any atom is -0.339 e. The first-order valence-electron chi connectivity index (χ1n) is 8.55. The normalized spacial score (nSPS) is 18.1. The molecule has 1 unspecified atom stereocenters. The quantitative estimate of drug-likeness (QED) is 0.745. The van der Waals surface area contributed by atoms with Crippen LogP contribution in [0.25, 0.3) is 0 Å². The van der Waals surface area contributed by atoms with Crippen LogP contribution in [0.1, 0.15) is 32.3 Å². The highest BCUT2D eigenvalue weighted by molar-refractivity contribution is 7.91. The van der Waals surface area contributed by atoms with E-state index in [9.17, 15) is 18.0 Å². The van der Waals surface area contributed by atoms with Gasteiger partial charge in [-0.25, -0.2) is 8.42 Å². The number of hydrogen-bond acceptors (Lipinski definition) is 5. The maximum Gasteiger partial charge on any atom is 0.224 e. The molecule has 2 amide bonds. The predicted molar refractivity (Wildman–Crippen MR) is 98.2 cm³/mol. The lowest BCUT2D eigenvalue weighted by molar-refractivity contribution is -0.132. The molecule has 2 rings (SSSR count). The van der Waals surface area contributed by atoms with Gasteiger partial charge in [0.05, 0.1) is 23.1 Å². The highest BCUT2D eigenvalue weighted by atomic mass is 32.2. The first kappa shape index (κ1) is 19.9. The molecule has 1 aromatic carbocycles. The minimum atomic E-state index is -3.07. The van der Waals surface area contributed by atoms with Crippen molar-refractivity contribution in [2.24, 2.45) is 0 Å². The zero-order valence-electron chi connectivity index (χ0n) is 15.0. The van der Waals surface area contributed by atoms with Crippen molar-refractivity contribution in [2.45, 2.75) is 32.7 Å². The Morgan fingerprint density at radius 2 is 2.08 bits per heavy atom. The molecule has 0 aromatic heterocycles. The lowest BCUT2D eigenvalue weighted by Crippen LogP contribution is -2.42. The van der Waals surface area contributed by atoms with Crippen LogP contribution in [0.15, 0.2) is 24.3 Å². The molecule has 0 aliphatic carbocycles. The number of nitrogens with zero attached hydrogens (tertiary/aromatic N) is 3. The van der Waals surface area contributed by atoms with Gasteiger partial charge in [-0.3, -0.25) is 9.59 Å². The molecule has 0 saturated carbocycles. The molecule has 7 nitrogen and oxygen atoms in total. The third kappa shape index (κ3) is 4.82. The van der Waals surface area contributed by atoms with E-state index in [1.807, 2.05) is 13.0 Å². The second kappa shape index (κ2) is 8.32. The Balaban J connectivity index is 2.07. The molecule has 1 heterocycles. The van der Waals surface area contributed by atoms with Gasteiger partial charge < -0.3 is 9.80 Å². The van der Waals surface area contributed by atoms with Crippen molar-refractivity contribution in [3.05, 3.63) is 29.8 Å². The van der Waals surface area contributed by atoms with Crippen LogP contribution in [0, 0.1) is 11.3 Å². The second-order valence-electron chi connectivity index (χ2n) is 6.32. The Bertz CT molecular complexity index is 829. The topological polar surface area (TPSA) is 98.5 Å². The van der Waals surface area contributed by atoms with Crippen LogP contribution in [0.4, 0.5) is 5.69 Å². The van der Waals surface area contributed by atoms with Crippen molar-refractivity contribution in [3.63, 3.8) is 0 Å². The summed E-state index contributed by atoms with van der Waals surface area (Å²) in [6, 6.07) is 8.39. The third-order valence-corrected chi connectivity index (χ3v) is 6.28. The number of benzene rings is 1. The number of anilines is 1. The highest BCUT2D eigenvalue weighted by Gasteiger charge is 2.33. The molecule has 1 fully saturated rings. The van der Waals surface area contributed by atoms with Gasteiger partial charge in [0, 0.05) is 38.2 Å². The van der Waals surface area contributed by atoms with E-state index in [0.717, 1.165) is 0 Å². The second-order valence-corrected chi connectivity index (χ2v) is 8.55. The molecule has 1 aliphatic rings. The van der Waals surface area contributed by atoms with Crippen molar-refractivity contribution in [3.8, 4) is 6.07 Å². The van der Waals surface area contributed by atoms with Crippen LogP contribution in [-0.4, -0.2) is 55.8 Å². The maximum atomic E-state index is 12.6. The zero-order valence-corrected chi connectivity index (χ0v) is 15.8. The molecule has 1 aliphatic heterocycles. The van der Waals surface area contributed by atoms with Crippen LogP contribution >= 0.6 is 0 Å². The van der Waals surface area contributed by atoms with Crippen LogP contribution < -0.4 is 4.90 Å². The monoisotopic (exact) mass is 377 g/mol. The lowest BCUT2D eigenvalue weighted by atomic mass is 10.1. The van der Waals surface area contributed by atoms with Crippen LogP contribution in [0.5, 0.6) is 0 Å². The van der Waals surface area contributed by atoms with Crippen molar-refractivity contribution in [1.29, 1.82) is 5.26 Å². The van der Waals surface area contributed by atoms with Crippen LogP contribution in [0.3, 0.4) is 0 Å². The van der Waals surface area contributed by atoms with Gasteiger partial charge in [-0.05, 0) is 31.5 Å². The lowest BCUT2D eigenvalue weighted by Gasteiger charge is -2.28.